The smallest absolute Gasteiger partial charge is 0.375 e. The zero-order valence-corrected chi connectivity index (χ0v) is 9.50. The maximum absolute atomic E-state index is 10.9. The lowest BCUT2D eigenvalue weighted by Crippen LogP contribution is -2.24. The summed E-state index contributed by atoms with van der Waals surface area (Å²) in [7, 11) is 0. The average molecular weight is 233 g/mol. The molecule has 0 amide bonds. The van der Waals surface area contributed by atoms with Gasteiger partial charge in [0.25, 0.3) is 0 Å². The molecule has 1 aromatic heterocycles. The van der Waals surface area contributed by atoms with E-state index in [2.05, 4.69) is 10.3 Å². The predicted octanol–water partition coefficient (Wildman–Crippen LogP) is 2.59. The summed E-state index contributed by atoms with van der Waals surface area (Å²) in [4.78, 5) is 14.3. The predicted molar refractivity (Wildman–Crippen MR) is 63.8 cm³/mol. The van der Waals surface area contributed by atoms with Crippen molar-refractivity contribution < 1.29 is 4.92 Å². The van der Waals surface area contributed by atoms with Gasteiger partial charge in [-0.3, -0.25) is 0 Å². The minimum atomic E-state index is -0.417. The second-order valence-corrected chi connectivity index (χ2v) is 4.98. The molecule has 0 bridgehead atoms. The first kappa shape index (κ1) is 10.5. The highest BCUT2D eigenvalue weighted by Gasteiger charge is 2.42. The van der Waals surface area contributed by atoms with Crippen molar-refractivity contribution in [1.29, 1.82) is 0 Å². The first-order valence-electron chi connectivity index (χ1n) is 6.11. The highest BCUT2D eigenvalue weighted by Crippen LogP contribution is 2.46. The van der Waals surface area contributed by atoms with Crippen LogP contribution in [0.2, 0.25) is 0 Å². The molecule has 5 nitrogen and oxygen atoms in total. The van der Waals surface area contributed by atoms with Gasteiger partial charge in [-0.2, -0.15) is 0 Å². The van der Waals surface area contributed by atoms with Gasteiger partial charge in [-0.1, -0.05) is 0 Å². The number of nitrogens with zero attached hydrogens (tertiary/aromatic N) is 2. The number of aromatic nitrogens is 1. The molecule has 1 heterocycles. The molecule has 0 radical (unpaired) electrons. The summed E-state index contributed by atoms with van der Waals surface area (Å²) in [5.41, 5.74) is 0.571. The fourth-order valence-corrected chi connectivity index (χ4v) is 2.37. The van der Waals surface area contributed by atoms with Crippen molar-refractivity contribution in [2.45, 2.75) is 31.7 Å². The number of pyridine rings is 1. The molecular formula is C12H15N3O2. The lowest BCUT2D eigenvalue weighted by molar-refractivity contribution is -0.388. The van der Waals surface area contributed by atoms with Gasteiger partial charge in [0.15, 0.2) is 0 Å². The van der Waals surface area contributed by atoms with Crippen LogP contribution < -0.4 is 5.32 Å². The third-order valence-electron chi connectivity index (χ3n) is 3.54. The fraction of sp³-hybridized carbons (Fsp3) is 0.583. The normalized spacial score (nSPS) is 19.4. The number of hydrogen-bond acceptors (Lipinski definition) is 4. The van der Waals surface area contributed by atoms with E-state index in [9.17, 15) is 10.1 Å². The highest BCUT2D eigenvalue weighted by atomic mass is 16.6. The third-order valence-corrected chi connectivity index (χ3v) is 3.54. The van der Waals surface area contributed by atoms with Crippen LogP contribution in [0.1, 0.15) is 25.7 Å². The molecule has 5 heteroatoms. The number of nitrogens with one attached hydrogen (secondary N) is 1. The van der Waals surface area contributed by atoms with E-state index in [0.29, 0.717) is 23.6 Å². The molecule has 2 saturated carbocycles. The van der Waals surface area contributed by atoms with E-state index in [1.54, 1.807) is 12.1 Å². The van der Waals surface area contributed by atoms with Crippen molar-refractivity contribution in [1.82, 2.24) is 4.98 Å². The molecule has 0 aliphatic heterocycles. The molecule has 2 aliphatic rings. The van der Waals surface area contributed by atoms with Gasteiger partial charge >= 0.3 is 5.82 Å². The molecule has 0 spiro atoms. The molecule has 0 atom stereocenters. The van der Waals surface area contributed by atoms with Crippen molar-refractivity contribution in [3.63, 3.8) is 0 Å². The van der Waals surface area contributed by atoms with Gasteiger partial charge in [0, 0.05) is 6.04 Å². The van der Waals surface area contributed by atoms with E-state index in [1.165, 1.54) is 31.9 Å². The number of rotatable bonds is 5. The maximum Gasteiger partial charge on any atom is 0.386 e. The van der Waals surface area contributed by atoms with Crippen LogP contribution >= 0.6 is 0 Å². The van der Waals surface area contributed by atoms with Crippen LogP contribution in [0.4, 0.5) is 11.5 Å². The minimum Gasteiger partial charge on any atom is -0.375 e. The molecule has 1 N–H and O–H groups in total. The van der Waals surface area contributed by atoms with E-state index >= 15 is 0 Å². The molecule has 0 aromatic carbocycles. The van der Waals surface area contributed by atoms with Crippen LogP contribution in [0.5, 0.6) is 0 Å². The Morgan fingerprint density at radius 1 is 1.35 bits per heavy atom. The van der Waals surface area contributed by atoms with Crippen molar-refractivity contribution in [3.8, 4) is 0 Å². The van der Waals surface area contributed by atoms with Crippen molar-refractivity contribution in [2.75, 3.05) is 5.32 Å². The second-order valence-electron chi connectivity index (χ2n) is 4.98. The van der Waals surface area contributed by atoms with Crippen LogP contribution in [0, 0.1) is 22.0 Å². The SMILES string of the molecule is O=[N+]([O-])c1ncccc1NC(C1CC1)C1CC1. The zero-order valence-electron chi connectivity index (χ0n) is 9.50. The Balaban J connectivity index is 1.80. The van der Waals surface area contributed by atoms with Gasteiger partial charge in [-0.05, 0) is 59.6 Å². The Morgan fingerprint density at radius 2 is 2.00 bits per heavy atom. The summed E-state index contributed by atoms with van der Waals surface area (Å²) in [6.45, 7) is 0. The first-order chi connectivity index (χ1) is 8.25. The van der Waals surface area contributed by atoms with Gasteiger partial charge in [0.1, 0.15) is 11.9 Å². The average Bonchev–Trinajstić information content (AvgIpc) is 3.16. The lowest BCUT2D eigenvalue weighted by Gasteiger charge is -2.18. The quantitative estimate of drug-likeness (QED) is 0.627. The van der Waals surface area contributed by atoms with Gasteiger partial charge in [0.05, 0.1) is 0 Å². The molecule has 0 unspecified atom stereocenters. The zero-order chi connectivity index (χ0) is 11.8. The summed E-state index contributed by atoms with van der Waals surface area (Å²) >= 11 is 0. The van der Waals surface area contributed by atoms with Crippen LogP contribution in [0.25, 0.3) is 0 Å². The molecular weight excluding hydrogens is 218 g/mol. The summed E-state index contributed by atoms with van der Waals surface area (Å²) in [5.74, 6) is 1.36. The van der Waals surface area contributed by atoms with E-state index in [0.717, 1.165) is 0 Å². The number of anilines is 1. The van der Waals surface area contributed by atoms with Gasteiger partial charge < -0.3 is 15.4 Å². The number of hydrogen-bond donors (Lipinski definition) is 1. The fourth-order valence-electron chi connectivity index (χ4n) is 2.37. The molecule has 17 heavy (non-hydrogen) atoms. The number of nitro groups is 1. The minimum absolute atomic E-state index is 0.0567. The first-order valence-corrected chi connectivity index (χ1v) is 6.11. The van der Waals surface area contributed by atoms with E-state index in [1.807, 2.05) is 0 Å². The molecule has 3 rings (SSSR count). The van der Waals surface area contributed by atoms with Crippen LogP contribution in [0.15, 0.2) is 18.3 Å². The van der Waals surface area contributed by atoms with Gasteiger partial charge in [-0.25, -0.2) is 0 Å². The van der Waals surface area contributed by atoms with E-state index < -0.39 is 4.92 Å². The van der Waals surface area contributed by atoms with Crippen molar-refractivity contribution >= 4 is 11.5 Å². The summed E-state index contributed by atoms with van der Waals surface area (Å²) in [6.07, 6.45) is 6.47. The Morgan fingerprint density at radius 3 is 2.53 bits per heavy atom. The third kappa shape index (κ3) is 2.23. The molecule has 90 valence electrons. The molecule has 2 fully saturated rings. The second kappa shape index (κ2) is 3.98. The van der Waals surface area contributed by atoms with Crippen LogP contribution in [0.3, 0.4) is 0 Å². The molecule has 2 aliphatic carbocycles. The topological polar surface area (TPSA) is 68.1 Å². The maximum atomic E-state index is 10.9. The highest BCUT2D eigenvalue weighted by molar-refractivity contribution is 5.57. The Kier molecular flexibility index (Phi) is 2.46. The lowest BCUT2D eigenvalue weighted by atomic mass is 10.1. The standard InChI is InChI=1S/C12H15N3O2/c16-15(17)12-10(2-1-7-13-12)14-11(8-3-4-8)9-5-6-9/h1-2,7-9,11,14H,3-6H2. The van der Waals surface area contributed by atoms with Crippen molar-refractivity contribution in [2.24, 2.45) is 11.8 Å². The molecule has 0 saturated heterocycles. The Labute approximate surface area is 99.4 Å². The largest absolute Gasteiger partial charge is 0.386 e. The van der Waals surface area contributed by atoms with E-state index in [-0.39, 0.29) is 5.82 Å². The van der Waals surface area contributed by atoms with Crippen LogP contribution in [-0.2, 0) is 0 Å². The van der Waals surface area contributed by atoms with Crippen LogP contribution in [-0.4, -0.2) is 15.9 Å². The Hall–Kier alpha value is -1.65. The van der Waals surface area contributed by atoms with Crippen molar-refractivity contribution in [3.05, 3.63) is 28.4 Å². The molecule has 1 aromatic rings. The summed E-state index contributed by atoms with van der Waals surface area (Å²) < 4.78 is 0. The Bertz CT molecular complexity index is 429. The summed E-state index contributed by atoms with van der Waals surface area (Å²) in [5, 5.41) is 14.2. The van der Waals surface area contributed by atoms with Gasteiger partial charge in [-0.15, -0.1) is 0 Å². The van der Waals surface area contributed by atoms with Gasteiger partial charge in [0.2, 0.25) is 0 Å². The monoisotopic (exact) mass is 233 g/mol. The summed E-state index contributed by atoms with van der Waals surface area (Å²) in [6, 6.07) is 3.91. The van der Waals surface area contributed by atoms with E-state index in [4.69, 9.17) is 0 Å².